The largest absolute Gasteiger partial charge is 0.497 e. The number of nitrogens with zero attached hydrogens (tertiary/aromatic N) is 3. The lowest BCUT2D eigenvalue weighted by Gasteiger charge is -2.10. The van der Waals surface area contributed by atoms with Gasteiger partial charge in [0.25, 0.3) is 0 Å². The summed E-state index contributed by atoms with van der Waals surface area (Å²) in [5.41, 5.74) is 2.27. The molecule has 0 aliphatic rings. The molecule has 5 nitrogen and oxygen atoms in total. The van der Waals surface area contributed by atoms with Gasteiger partial charge in [-0.3, -0.25) is 4.57 Å². The van der Waals surface area contributed by atoms with E-state index in [1.54, 1.807) is 18.9 Å². The predicted octanol–water partition coefficient (Wildman–Crippen LogP) is 4.65. The number of hydrogen-bond acceptors (Lipinski definition) is 5. The highest BCUT2D eigenvalue weighted by Crippen LogP contribution is 2.25. The minimum Gasteiger partial charge on any atom is -0.497 e. The number of thioether (sulfide) groups is 1. The van der Waals surface area contributed by atoms with Crippen molar-refractivity contribution in [2.24, 2.45) is 0 Å². The van der Waals surface area contributed by atoms with Crippen LogP contribution in [0, 0.1) is 6.92 Å². The van der Waals surface area contributed by atoms with Crippen molar-refractivity contribution in [1.29, 1.82) is 0 Å². The van der Waals surface area contributed by atoms with Crippen molar-refractivity contribution in [2.75, 3.05) is 7.11 Å². The number of aryl methyl sites for hydroxylation is 1. The summed E-state index contributed by atoms with van der Waals surface area (Å²) in [4.78, 5) is 0. The smallest absolute Gasteiger partial charge is 0.191 e. The number of benzene rings is 2. The fourth-order valence-electron chi connectivity index (χ4n) is 2.62. The van der Waals surface area contributed by atoms with Gasteiger partial charge in [-0.2, -0.15) is 0 Å². The Morgan fingerprint density at radius 1 is 1.15 bits per heavy atom. The molecule has 0 fully saturated rings. The normalized spacial score (nSPS) is 10.6. The van der Waals surface area contributed by atoms with Gasteiger partial charge in [0.05, 0.1) is 7.11 Å². The minimum absolute atomic E-state index is 0.366. The molecule has 0 aliphatic carbocycles. The van der Waals surface area contributed by atoms with Crippen LogP contribution in [-0.4, -0.2) is 21.9 Å². The van der Waals surface area contributed by atoms with Gasteiger partial charge in [0.2, 0.25) is 0 Å². The zero-order valence-electron chi connectivity index (χ0n) is 15.6. The monoisotopic (exact) mass is 381 g/mol. The Bertz CT molecular complexity index is 908. The average molecular weight is 382 g/mol. The van der Waals surface area contributed by atoms with Crippen molar-refractivity contribution in [2.45, 2.75) is 31.0 Å². The Labute approximate surface area is 164 Å². The van der Waals surface area contributed by atoms with Gasteiger partial charge in [-0.05, 0) is 36.2 Å². The van der Waals surface area contributed by atoms with E-state index in [1.165, 1.54) is 5.56 Å². The van der Waals surface area contributed by atoms with E-state index in [-0.39, 0.29) is 0 Å². The number of aromatic nitrogens is 3. The number of ether oxygens (including phenoxy) is 2. The van der Waals surface area contributed by atoms with Crippen molar-refractivity contribution in [3.8, 4) is 11.5 Å². The molecule has 0 bridgehead atoms. The van der Waals surface area contributed by atoms with E-state index >= 15 is 0 Å². The first-order valence-corrected chi connectivity index (χ1v) is 9.67. The molecule has 0 spiro atoms. The average Bonchev–Trinajstić information content (AvgIpc) is 3.08. The van der Waals surface area contributed by atoms with Crippen LogP contribution in [0.5, 0.6) is 11.5 Å². The summed E-state index contributed by atoms with van der Waals surface area (Å²) in [5.74, 6) is 3.28. The topological polar surface area (TPSA) is 49.2 Å². The van der Waals surface area contributed by atoms with Crippen LogP contribution in [0.2, 0.25) is 0 Å². The third-order valence-corrected chi connectivity index (χ3v) is 5.10. The lowest BCUT2D eigenvalue weighted by Crippen LogP contribution is -2.08. The van der Waals surface area contributed by atoms with Gasteiger partial charge >= 0.3 is 0 Å². The standard InChI is InChI=1S/C21H23N3O2S/c1-4-12-24-20(14-26-19-11-6-5-8-16(19)2)22-23-21(24)27-15-17-9-7-10-18(13-17)25-3/h4-11,13H,1,12,14-15H2,2-3H3. The van der Waals surface area contributed by atoms with Crippen LogP contribution in [-0.2, 0) is 18.9 Å². The van der Waals surface area contributed by atoms with Crippen molar-refractivity contribution in [3.63, 3.8) is 0 Å². The SMILES string of the molecule is C=CCn1c(COc2ccccc2C)nnc1SCc1cccc(OC)c1. The van der Waals surface area contributed by atoms with E-state index in [0.717, 1.165) is 33.8 Å². The van der Waals surface area contributed by atoms with Gasteiger partial charge in [0, 0.05) is 12.3 Å². The highest BCUT2D eigenvalue weighted by molar-refractivity contribution is 7.98. The zero-order valence-corrected chi connectivity index (χ0v) is 16.4. The fraction of sp³-hybridized carbons (Fsp3) is 0.238. The molecule has 3 aromatic rings. The predicted molar refractivity (Wildman–Crippen MR) is 108 cm³/mol. The van der Waals surface area contributed by atoms with Crippen LogP contribution in [0.1, 0.15) is 17.0 Å². The third-order valence-electron chi connectivity index (χ3n) is 4.06. The van der Waals surface area contributed by atoms with Crippen LogP contribution in [0.15, 0.2) is 66.3 Å². The Balaban J connectivity index is 1.70. The second kappa shape index (κ2) is 9.28. The molecule has 1 heterocycles. The lowest BCUT2D eigenvalue weighted by molar-refractivity contribution is 0.287. The molecule has 2 aromatic carbocycles. The first-order valence-electron chi connectivity index (χ1n) is 8.68. The van der Waals surface area contributed by atoms with Gasteiger partial charge in [0.1, 0.15) is 18.1 Å². The molecule has 0 radical (unpaired) electrons. The molecule has 0 saturated heterocycles. The summed E-state index contributed by atoms with van der Waals surface area (Å²) < 4.78 is 13.3. The molecule has 140 valence electrons. The molecule has 1 aromatic heterocycles. The van der Waals surface area contributed by atoms with E-state index < -0.39 is 0 Å². The van der Waals surface area contributed by atoms with Crippen LogP contribution in [0.3, 0.4) is 0 Å². The van der Waals surface area contributed by atoms with Gasteiger partial charge in [0.15, 0.2) is 11.0 Å². The van der Waals surface area contributed by atoms with Crippen LogP contribution in [0.25, 0.3) is 0 Å². The first kappa shape index (κ1) is 19.0. The molecule has 27 heavy (non-hydrogen) atoms. The van der Waals surface area contributed by atoms with Crippen LogP contribution < -0.4 is 9.47 Å². The van der Waals surface area contributed by atoms with E-state index in [4.69, 9.17) is 9.47 Å². The Morgan fingerprint density at radius 3 is 2.78 bits per heavy atom. The van der Waals surface area contributed by atoms with Gasteiger partial charge in [-0.1, -0.05) is 48.2 Å². The Kier molecular flexibility index (Phi) is 6.54. The zero-order chi connectivity index (χ0) is 19.1. The second-order valence-corrected chi connectivity index (χ2v) is 6.93. The second-order valence-electron chi connectivity index (χ2n) is 5.99. The van der Waals surface area contributed by atoms with Gasteiger partial charge in [-0.25, -0.2) is 0 Å². The molecule has 0 unspecified atom stereocenters. The molecular formula is C21H23N3O2S. The Morgan fingerprint density at radius 2 is 2.00 bits per heavy atom. The summed E-state index contributed by atoms with van der Waals surface area (Å²) in [6, 6.07) is 16.0. The first-order chi connectivity index (χ1) is 13.2. The number of para-hydroxylation sites is 1. The van der Waals surface area contributed by atoms with E-state index in [0.29, 0.717) is 13.2 Å². The van der Waals surface area contributed by atoms with Gasteiger partial charge in [-0.15, -0.1) is 16.8 Å². The molecule has 0 amide bonds. The minimum atomic E-state index is 0.366. The maximum Gasteiger partial charge on any atom is 0.191 e. The highest BCUT2D eigenvalue weighted by Gasteiger charge is 2.13. The highest BCUT2D eigenvalue weighted by atomic mass is 32.2. The molecular weight excluding hydrogens is 358 g/mol. The summed E-state index contributed by atoms with van der Waals surface area (Å²) >= 11 is 1.64. The number of rotatable bonds is 9. The van der Waals surface area contributed by atoms with Crippen LogP contribution >= 0.6 is 11.8 Å². The molecule has 0 saturated carbocycles. The fourth-order valence-corrected chi connectivity index (χ4v) is 3.53. The molecule has 0 aliphatic heterocycles. The number of methoxy groups -OCH3 is 1. The van der Waals surface area contributed by atoms with Crippen molar-refractivity contribution in [1.82, 2.24) is 14.8 Å². The summed E-state index contributed by atoms with van der Waals surface area (Å²) in [6.45, 7) is 6.88. The Hall–Kier alpha value is -2.73. The third kappa shape index (κ3) is 4.92. The van der Waals surface area contributed by atoms with Gasteiger partial charge < -0.3 is 9.47 Å². The van der Waals surface area contributed by atoms with E-state index in [1.807, 2.05) is 60.0 Å². The van der Waals surface area contributed by atoms with Crippen LogP contribution in [0.4, 0.5) is 0 Å². The van der Waals surface area contributed by atoms with E-state index in [2.05, 4.69) is 22.8 Å². The van der Waals surface area contributed by atoms with E-state index in [9.17, 15) is 0 Å². The maximum atomic E-state index is 5.93. The van der Waals surface area contributed by atoms with Crippen molar-refractivity contribution in [3.05, 3.63) is 78.1 Å². The summed E-state index contributed by atoms with van der Waals surface area (Å²) in [5, 5.41) is 9.51. The quantitative estimate of drug-likeness (QED) is 0.399. The lowest BCUT2D eigenvalue weighted by atomic mass is 10.2. The van der Waals surface area contributed by atoms with Crippen molar-refractivity contribution >= 4 is 11.8 Å². The number of hydrogen-bond donors (Lipinski definition) is 0. The summed E-state index contributed by atoms with van der Waals surface area (Å²) in [6.07, 6.45) is 1.84. The summed E-state index contributed by atoms with van der Waals surface area (Å²) in [7, 11) is 1.67. The molecule has 0 N–H and O–H groups in total. The van der Waals surface area contributed by atoms with Crippen molar-refractivity contribution < 1.29 is 9.47 Å². The maximum absolute atomic E-state index is 5.93. The molecule has 0 atom stereocenters. The molecule has 3 rings (SSSR count). The molecule has 6 heteroatoms. The number of allylic oxidation sites excluding steroid dienone is 1.